The third kappa shape index (κ3) is 2.17. The molecule has 10 heavy (non-hydrogen) atoms. The molecule has 1 aliphatic heterocycles. The van der Waals surface area contributed by atoms with Crippen LogP contribution in [0, 0.1) is 0 Å². The molecular formula is C6H12IN2O-. The Hall–Kier alpha value is 0.320. The van der Waals surface area contributed by atoms with Crippen LogP contribution in [0.1, 0.15) is 6.42 Å². The Morgan fingerprint density at radius 1 is 1.90 bits per heavy atom. The number of nitrogens with zero attached hydrogens (tertiary/aromatic N) is 1. The summed E-state index contributed by atoms with van der Waals surface area (Å²) in [6.45, 7) is 1.46. The van der Waals surface area contributed by atoms with Gasteiger partial charge in [0.15, 0.2) is 0 Å². The molecule has 0 saturated heterocycles. The Morgan fingerprint density at radius 2 is 2.70 bits per heavy atom. The van der Waals surface area contributed by atoms with E-state index in [9.17, 15) is 5.11 Å². The molecule has 0 radical (unpaired) electrons. The van der Waals surface area contributed by atoms with Gasteiger partial charge in [-0.1, -0.05) is 0 Å². The van der Waals surface area contributed by atoms with E-state index in [2.05, 4.69) is 13.5 Å². The zero-order chi connectivity index (χ0) is 7.45. The summed E-state index contributed by atoms with van der Waals surface area (Å²) < 4.78 is 3.20. The van der Waals surface area contributed by atoms with Crippen molar-refractivity contribution in [2.75, 3.05) is 18.0 Å². The third-order valence-electron chi connectivity index (χ3n) is 1.51. The molecule has 0 saturated carbocycles. The zero-order valence-electron chi connectivity index (χ0n) is 5.97. The molecule has 1 rings (SSSR count). The number of aliphatic imine (C=N–C) groups is 1. The summed E-state index contributed by atoms with van der Waals surface area (Å²) >= 11 is 0.0853. The molecular weight excluding hydrogens is 243 g/mol. The van der Waals surface area contributed by atoms with Crippen LogP contribution < -0.4 is 25.0 Å². The molecule has 4 heteroatoms. The second-order valence-corrected chi connectivity index (χ2v) is 4.23. The molecule has 0 aliphatic carbocycles. The molecule has 1 heterocycles. The van der Waals surface area contributed by atoms with Crippen molar-refractivity contribution in [3.8, 4) is 0 Å². The first kappa shape index (κ1) is 8.42. The van der Waals surface area contributed by atoms with Crippen LogP contribution in [0.5, 0.6) is 0 Å². The van der Waals surface area contributed by atoms with Gasteiger partial charge in [0, 0.05) is 0 Å². The van der Waals surface area contributed by atoms with Crippen molar-refractivity contribution in [1.29, 1.82) is 0 Å². The molecule has 1 atom stereocenters. The fourth-order valence-electron chi connectivity index (χ4n) is 0.874. The van der Waals surface area contributed by atoms with Gasteiger partial charge in [-0.3, -0.25) is 0 Å². The Kier molecular flexibility index (Phi) is 3.06. The van der Waals surface area contributed by atoms with Gasteiger partial charge < -0.3 is 0 Å². The van der Waals surface area contributed by atoms with Crippen LogP contribution in [0.3, 0.4) is 0 Å². The zero-order valence-corrected chi connectivity index (χ0v) is 8.13. The van der Waals surface area contributed by atoms with Gasteiger partial charge in [-0.25, -0.2) is 0 Å². The number of aliphatic hydroxyl groups is 1. The van der Waals surface area contributed by atoms with E-state index in [1.807, 2.05) is 0 Å². The second-order valence-electron chi connectivity index (χ2n) is 2.39. The molecule has 0 aromatic carbocycles. The molecule has 0 amide bonds. The van der Waals surface area contributed by atoms with Crippen molar-refractivity contribution >= 4 is 6.21 Å². The number of hydrogen-bond donors (Lipinski definition) is 2. The van der Waals surface area contributed by atoms with E-state index in [-0.39, 0.29) is 21.5 Å². The van der Waals surface area contributed by atoms with E-state index < -0.39 is 5.60 Å². The number of alkyl halides is 1. The summed E-state index contributed by atoms with van der Waals surface area (Å²) in [6, 6.07) is 0. The van der Waals surface area contributed by atoms with Crippen LogP contribution in [0.4, 0.5) is 0 Å². The standard InChI is InChI=1S/C6H12IN2O/c1-7-9-5-6(10)2-3-8-4-6/h4,9-10H,2-3,5H2,1H3/q-1. The van der Waals surface area contributed by atoms with Crippen LogP contribution in [0.2, 0.25) is 0 Å². The van der Waals surface area contributed by atoms with Crippen molar-refractivity contribution in [1.82, 2.24) is 3.53 Å². The van der Waals surface area contributed by atoms with Crippen LogP contribution in [0.25, 0.3) is 0 Å². The fourth-order valence-corrected chi connectivity index (χ4v) is 1.92. The summed E-state index contributed by atoms with van der Waals surface area (Å²) in [6.07, 6.45) is 2.45. The van der Waals surface area contributed by atoms with Crippen LogP contribution in [-0.4, -0.2) is 34.9 Å². The minimum atomic E-state index is -0.629. The average Bonchev–Trinajstić information content (AvgIpc) is 2.33. The van der Waals surface area contributed by atoms with Gasteiger partial charge in [-0.05, 0) is 0 Å². The maximum atomic E-state index is 9.63. The van der Waals surface area contributed by atoms with Crippen LogP contribution in [-0.2, 0) is 0 Å². The van der Waals surface area contributed by atoms with Crippen molar-refractivity contribution in [2.45, 2.75) is 12.0 Å². The normalized spacial score (nSPS) is 31.8. The molecule has 0 aromatic rings. The molecule has 1 unspecified atom stereocenters. The van der Waals surface area contributed by atoms with Crippen molar-refractivity contribution in [3.05, 3.63) is 0 Å². The Bertz CT molecular complexity index is 140. The van der Waals surface area contributed by atoms with Crippen molar-refractivity contribution in [2.24, 2.45) is 4.99 Å². The fraction of sp³-hybridized carbons (Fsp3) is 0.833. The van der Waals surface area contributed by atoms with Gasteiger partial charge in [-0.2, -0.15) is 0 Å². The van der Waals surface area contributed by atoms with Crippen molar-refractivity contribution in [3.63, 3.8) is 0 Å². The molecule has 0 bridgehead atoms. The maximum absolute atomic E-state index is 9.63. The van der Waals surface area contributed by atoms with Crippen LogP contribution in [0.15, 0.2) is 4.99 Å². The number of hydrogen-bond acceptors (Lipinski definition) is 3. The second kappa shape index (κ2) is 3.64. The monoisotopic (exact) mass is 255 g/mol. The van der Waals surface area contributed by atoms with Gasteiger partial charge in [0.25, 0.3) is 0 Å². The van der Waals surface area contributed by atoms with Gasteiger partial charge >= 0.3 is 71.4 Å². The first-order valence-corrected chi connectivity index (χ1v) is 6.45. The molecule has 0 fully saturated rings. The molecule has 60 valence electrons. The molecule has 0 aromatic heterocycles. The SMILES string of the molecule is C[I-]NCC1(O)C=NCC1. The van der Waals surface area contributed by atoms with Crippen molar-refractivity contribution < 1.29 is 26.6 Å². The first-order chi connectivity index (χ1) is 4.77. The van der Waals surface area contributed by atoms with E-state index in [4.69, 9.17) is 0 Å². The van der Waals surface area contributed by atoms with E-state index in [1.54, 1.807) is 6.21 Å². The van der Waals surface area contributed by atoms with E-state index >= 15 is 0 Å². The number of halogens is 1. The molecule has 3 nitrogen and oxygen atoms in total. The summed E-state index contributed by atoms with van der Waals surface area (Å²) in [4.78, 5) is 6.12. The Balaban J connectivity index is 2.30. The Labute approximate surface area is 71.5 Å². The minimum absolute atomic E-state index is 0.0853. The van der Waals surface area contributed by atoms with Gasteiger partial charge in [0.2, 0.25) is 0 Å². The topological polar surface area (TPSA) is 44.6 Å². The third-order valence-corrected chi connectivity index (χ3v) is 2.66. The predicted molar refractivity (Wildman–Crippen MR) is 36.9 cm³/mol. The van der Waals surface area contributed by atoms with Gasteiger partial charge in [0.05, 0.1) is 0 Å². The summed E-state index contributed by atoms with van der Waals surface area (Å²) in [7, 11) is 0. The summed E-state index contributed by atoms with van der Waals surface area (Å²) in [5, 5.41) is 9.63. The van der Waals surface area contributed by atoms with Gasteiger partial charge in [0.1, 0.15) is 0 Å². The summed E-state index contributed by atoms with van der Waals surface area (Å²) in [5.74, 6) is 0. The van der Waals surface area contributed by atoms with Gasteiger partial charge in [-0.15, -0.1) is 0 Å². The number of nitrogens with one attached hydrogen (secondary N) is 1. The molecule has 1 aliphatic rings. The van der Waals surface area contributed by atoms with Crippen LogP contribution >= 0.6 is 0 Å². The number of rotatable bonds is 3. The quantitative estimate of drug-likeness (QED) is 0.311. The van der Waals surface area contributed by atoms with E-state index in [0.29, 0.717) is 6.54 Å². The molecule has 2 N–H and O–H groups in total. The first-order valence-electron chi connectivity index (χ1n) is 3.21. The average molecular weight is 255 g/mol. The summed E-state index contributed by atoms with van der Waals surface area (Å²) in [5.41, 5.74) is -0.629. The molecule has 0 spiro atoms. The van der Waals surface area contributed by atoms with E-state index in [0.717, 1.165) is 13.0 Å². The van der Waals surface area contributed by atoms with E-state index in [1.165, 1.54) is 0 Å². The Morgan fingerprint density at radius 3 is 3.20 bits per heavy atom. The predicted octanol–water partition coefficient (Wildman–Crippen LogP) is -3.58.